The van der Waals surface area contributed by atoms with E-state index in [-0.39, 0.29) is 5.91 Å². The Labute approximate surface area is 114 Å². The standard InChI is InChI=1S/C14H11N3O3/c1-20-12-5-3-9(7-16-12)17-13(18)10-4-2-8(15)6-11(10)14(17)19/h2-7H,15H2,1H3. The Balaban J connectivity index is 2.04. The molecule has 1 aliphatic rings. The molecule has 0 aliphatic carbocycles. The molecule has 0 radical (unpaired) electrons. The van der Waals surface area contributed by atoms with Gasteiger partial charge in [-0.15, -0.1) is 0 Å². The molecule has 1 aromatic carbocycles. The second-order valence-corrected chi connectivity index (χ2v) is 4.31. The smallest absolute Gasteiger partial charge is 0.266 e. The van der Waals surface area contributed by atoms with Crippen molar-refractivity contribution in [3.05, 3.63) is 47.7 Å². The van der Waals surface area contributed by atoms with E-state index in [4.69, 9.17) is 10.5 Å². The van der Waals surface area contributed by atoms with Crippen molar-refractivity contribution in [1.29, 1.82) is 0 Å². The molecule has 2 amide bonds. The number of rotatable bonds is 2. The Morgan fingerprint density at radius 1 is 1.10 bits per heavy atom. The van der Waals surface area contributed by atoms with Gasteiger partial charge in [-0.2, -0.15) is 0 Å². The zero-order valence-electron chi connectivity index (χ0n) is 10.7. The van der Waals surface area contributed by atoms with E-state index < -0.39 is 5.91 Å². The molecule has 0 saturated heterocycles. The van der Waals surface area contributed by atoms with Gasteiger partial charge >= 0.3 is 0 Å². The zero-order valence-corrected chi connectivity index (χ0v) is 10.7. The predicted molar refractivity (Wildman–Crippen MR) is 72.8 cm³/mol. The lowest BCUT2D eigenvalue weighted by molar-refractivity contribution is 0.0926. The highest BCUT2D eigenvalue weighted by molar-refractivity contribution is 6.34. The van der Waals surface area contributed by atoms with E-state index in [2.05, 4.69) is 4.98 Å². The number of fused-ring (bicyclic) bond motifs is 1. The first-order valence-corrected chi connectivity index (χ1v) is 5.90. The number of imide groups is 1. The monoisotopic (exact) mass is 269 g/mol. The minimum atomic E-state index is -0.399. The Morgan fingerprint density at radius 3 is 2.50 bits per heavy atom. The van der Waals surface area contributed by atoms with Crippen LogP contribution in [0.15, 0.2) is 36.5 Å². The fraction of sp³-hybridized carbons (Fsp3) is 0.0714. The van der Waals surface area contributed by atoms with E-state index in [9.17, 15) is 9.59 Å². The molecule has 20 heavy (non-hydrogen) atoms. The van der Waals surface area contributed by atoms with Crippen molar-refractivity contribution in [3.8, 4) is 5.88 Å². The highest BCUT2D eigenvalue weighted by Crippen LogP contribution is 2.29. The number of methoxy groups -OCH3 is 1. The summed E-state index contributed by atoms with van der Waals surface area (Å²) in [6.45, 7) is 0. The van der Waals surface area contributed by atoms with Crippen molar-refractivity contribution < 1.29 is 14.3 Å². The third-order valence-corrected chi connectivity index (χ3v) is 3.10. The molecule has 0 atom stereocenters. The first kappa shape index (κ1) is 12.2. The summed E-state index contributed by atoms with van der Waals surface area (Å²) in [6, 6.07) is 7.86. The van der Waals surface area contributed by atoms with Gasteiger partial charge in [0.2, 0.25) is 5.88 Å². The van der Waals surface area contributed by atoms with Gasteiger partial charge in [0.1, 0.15) is 0 Å². The second-order valence-electron chi connectivity index (χ2n) is 4.31. The van der Waals surface area contributed by atoms with Crippen LogP contribution in [0.5, 0.6) is 5.88 Å². The number of nitrogens with two attached hydrogens (primary N) is 1. The van der Waals surface area contributed by atoms with Gasteiger partial charge in [0.05, 0.1) is 30.1 Å². The van der Waals surface area contributed by atoms with Gasteiger partial charge in [-0.05, 0) is 24.3 Å². The first-order valence-electron chi connectivity index (χ1n) is 5.90. The number of carbonyl (C=O) groups excluding carboxylic acids is 2. The molecular formula is C14H11N3O3. The van der Waals surface area contributed by atoms with Crippen LogP contribution in [0.1, 0.15) is 20.7 Å². The molecule has 1 aromatic heterocycles. The van der Waals surface area contributed by atoms with E-state index in [1.54, 1.807) is 24.3 Å². The van der Waals surface area contributed by atoms with E-state index in [1.807, 2.05) is 0 Å². The predicted octanol–water partition coefficient (Wildman–Crippen LogP) is 1.47. The van der Waals surface area contributed by atoms with Gasteiger partial charge in [0.25, 0.3) is 11.8 Å². The van der Waals surface area contributed by atoms with Crippen molar-refractivity contribution in [2.75, 3.05) is 17.7 Å². The summed E-state index contributed by atoms with van der Waals surface area (Å²) in [5, 5.41) is 0. The maximum Gasteiger partial charge on any atom is 0.266 e. The number of nitrogens with zero attached hydrogens (tertiary/aromatic N) is 2. The number of pyridine rings is 1. The average Bonchev–Trinajstić information content (AvgIpc) is 2.71. The van der Waals surface area contributed by atoms with Crippen molar-refractivity contribution in [3.63, 3.8) is 0 Å². The van der Waals surface area contributed by atoms with Crippen LogP contribution in [0, 0.1) is 0 Å². The highest BCUT2D eigenvalue weighted by atomic mass is 16.5. The van der Waals surface area contributed by atoms with Gasteiger partial charge in [0.15, 0.2) is 0 Å². The molecule has 3 rings (SSSR count). The quantitative estimate of drug-likeness (QED) is 0.659. The van der Waals surface area contributed by atoms with Crippen LogP contribution in [-0.4, -0.2) is 23.9 Å². The number of hydrogen-bond donors (Lipinski definition) is 1. The molecule has 2 N–H and O–H groups in total. The van der Waals surface area contributed by atoms with Gasteiger partial charge in [-0.25, -0.2) is 9.88 Å². The molecule has 0 spiro atoms. The molecule has 6 nitrogen and oxygen atoms in total. The molecule has 0 saturated carbocycles. The van der Waals surface area contributed by atoms with E-state index in [0.717, 1.165) is 4.90 Å². The topological polar surface area (TPSA) is 85.5 Å². The normalized spacial score (nSPS) is 13.6. The summed E-state index contributed by atoms with van der Waals surface area (Å²) in [5.74, 6) is -0.365. The summed E-state index contributed by atoms with van der Waals surface area (Å²) in [5.41, 5.74) is 7.15. The molecule has 0 fully saturated rings. The molecule has 6 heteroatoms. The fourth-order valence-corrected chi connectivity index (χ4v) is 2.12. The van der Waals surface area contributed by atoms with Gasteiger partial charge < -0.3 is 10.5 Å². The van der Waals surface area contributed by atoms with E-state index in [1.165, 1.54) is 19.4 Å². The molecule has 100 valence electrons. The number of benzene rings is 1. The number of ether oxygens (including phenoxy) is 1. The molecule has 1 aliphatic heterocycles. The van der Waals surface area contributed by atoms with Crippen LogP contribution in [0.2, 0.25) is 0 Å². The lowest BCUT2D eigenvalue weighted by Crippen LogP contribution is -2.29. The third kappa shape index (κ3) is 1.70. The molecule has 0 unspecified atom stereocenters. The Hall–Kier alpha value is -2.89. The van der Waals surface area contributed by atoms with Crippen molar-refractivity contribution in [2.45, 2.75) is 0 Å². The fourth-order valence-electron chi connectivity index (χ4n) is 2.12. The lowest BCUT2D eigenvalue weighted by Gasteiger charge is -2.13. The minimum Gasteiger partial charge on any atom is -0.481 e. The van der Waals surface area contributed by atoms with Crippen LogP contribution >= 0.6 is 0 Å². The number of aromatic nitrogens is 1. The van der Waals surface area contributed by atoms with E-state index in [0.29, 0.717) is 28.4 Å². The Morgan fingerprint density at radius 2 is 1.85 bits per heavy atom. The number of carbonyl (C=O) groups is 2. The van der Waals surface area contributed by atoms with Crippen LogP contribution in [0.25, 0.3) is 0 Å². The van der Waals surface area contributed by atoms with Crippen LogP contribution in [0.4, 0.5) is 11.4 Å². The maximum absolute atomic E-state index is 12.3. The lowest BCUT2D eigenvalue weighted by atomic mass is 10.1. The SMILES string of the molecule is COc1ccc(N2C(=O)c3ccc(N)cc3C2=O)cn1. The molecule has 2 heterocycles. The highest BCUT2D eigenvalue weighted by Gasteiger charge is 2.36. The summed E-state index contributed by atoms with van der Waals surface area (Å²) in [6.07, 6.45) is 1.42. The molecule has 0 bridgehead atoms. The van der Waals surface area contributed by atoms with Crippen molar-refractivity contribution in [1.82, 2.24) is 4.98 Å². The Bertz CT molecular complexity index is 710. The van der Waals surface area contributed by atoms with Crippen LogP contribution in [0.3, 0.4) is 0 Å². The van der Waals surface area contributed by atoms with E-state index >= 15 is 0 Å². The average molecular weight is 269 g/mol. The molecule has 2 aromatic rings. The number of hydrogen-bond acceptors (Lipinski definition) is 5. The first-order chi connectivity index (χ1) is 9.61. The van der Waals surface area contributed by atoms with Crippen LogP contribution in [-0.2, 0) is 0 Å². The number of amides is 2. The summed E-state index contributed by atoms with van der Waals surface area (Å²) in [4.78, 5) is 29.7. The summed E-state index contributed by atoms with van der Waals surface area (Å²) < 4.78 is 4.95. The Kier molecular flexibility index (Phi) is 2.64. The molecular weight excluding hydrogens is 258 g/mol. The largest absolute Gasteiger partial charge is 0.481 e. The van der Waals surface area contributed by atoms with Gasteiger partial charge in [-0.3, -0.25) is 9.59 Å². The zero-order chi connectivity index (χ0) is 14.3. The number of anilines is 2. The summed E-state index contributed by atoms with van der Waals surface area (Å²) in [7, 11) is 1.49. The van der Waals surface area contributed by atoms with Crippen LogP contribution < -0.4 is 15.4 Å². The minimum absolute atomic E-state index is 0.311. The summed E-state index contributed by atoms with van der Waals surface area (Å²) >= 11 is 0. The maximum atomic E-state index is 12.3. The van der Waals surface area contributed by atoms with Gasteiger partial charge in [-0.1, -0.05) is 0 Å². The third-order valence-electron chi connectivity index (χ3n) is 3.10. The van der Waals surface area contributed by atoms with Gasteiger partial charge in [0, 0.05) is 11.8 Å². The van der Waals surface area contributed by atoms with Crippen molar-refractivity contribution >= 4 is 23.2 Å². The second kappa shape index (κ2) is 4.34. The number of nitrogen functional groups attached to an aromatic ring is 1. The van der Waals surface area contributed by atoms with Crippen molar-refractivity contribution in [2.24, 2.45) is 0 Å².